The molecule has 47 heteroatoms. The lowest BCUT2D eigenvalue weighted by Crippen LogP contribution is -2.41. The van der Waals surface area contributed by atoms with E-state index >= 15 is 0 Å². The van der Waals surface area contributed by atoms with E-state index in [-0.39, 0.29) is 55.4 Å². The van der Waals surface area contributed by atoms with Gasteiger partial charge < -0.3 is 78.7 Å². The molecule has 0 aliphatic carbocycles. The van der Waals surface area contributed by atoms with E-state index in [2.05, 4.69) is 56.6 Å². The van der Waals surface area contributed by atoms with Gasteiger partial charge in [0.1, 0.15) is 54.3 Å². The molecule has 13 atom stereocenters. The van der Waals surface area contributed by atoms with E-state index in [1.54, 1.807) is 26.8 Å². The van der Waals surface area contributed by atoms with Crippen molar-refractivity contribution in [3.8, 4) is 12.3 Å². The molecule has 0 bridgehead atoms. The summed E-state index contributed by atoms with van der Waals surface area (Å²) in [6, 6.07) is 10.3. The van der Waals surface area contributed by atoms with Gasteiger partial charge in [0.05, 0.1) is 44.6 Å². The van der Waals surface area contributed by atoms with Gasteiger partial charge >= 0.3 is 70.8 Å². The number of nitro benzene ring substituents is 1. The van der Waals surface area contributed by atoms with Crippen LogP contribution in [0.5, 0.6) is 0 Å². The summed E-state index contributed by atoms with van der Waals surface area (Å²) in [4.78, 5) is 118. The van der Waals surface area contributed by atoms with Gasteiger partial charge in [-0.15, -0.1) is 6.42 Å². The van der Waals surface area contributed by atoms with Gasteiger partial charge in [-0.1, -0.05) is 38.0 Å². The normalized spacial score (nSPS) is 24.6. The molecule has 8 heterocycles. The highest BCUT2D eigenvalue weighted by Crippen LogP contribution is 2.45. The quantitative estimate of drug-likeness (QED) is 0.0166. The molecule has 13 unspecified atom stereocenters. The van der Waals surface area contributed by atoms with E-state index < -0.39 is 182 Å². The lowest BCUT2D eigenvalue weighted by molar-refractivity contribution is -0.385. The number of nitrogens with zero attached hydrogens (tertiary/aromatic N) is 9. The summed E-state index contributed by atoms with van der Waals surface area (Å²) in [6.07, 6.45) is -18.4. The Balaban J connectivity index is 0.000000220. The average Bonchev–Trinajstić information content (AvgIpc) is 1.64. The zero-order chi connectivity index (χ0) is 77.3. The molecule has 104 heavy (non-hydrogen) atoms. The molecule has 4 fully saturated rings. The molecule has 4 amide bonds. The van der Waals surface area contributed by atoms with Crippen molar-refractivity contribution in [2.75, 3.05) is 74.1 Å². The second-order valence-electron chi connectivity index (χ2n) is 21.8. The van der Waals surface area contributed by atoms with Crippen LogP contribution in [0, 0.1) is 22.5 Å². The number of alkyl halides is 8. The number of anilines is 4. The van der Waals surface area contributed by atoms with E-state index in [0.717, 1.165) is 49.1 Å². The van der Waals surface area contributed by atoms with Crippen LogP contribution in [0.25, 0.3) is 0 Å². The van der Waals surface area contributed by atoms with Crippen LogP contribution in [0.4, 0.5) is 83.3 Å². The van der Waals surface area contributed by atoms with E-state index in [9.17, 15) is 104 Å². The van der Waals surface area contributed by atoms with Crippen LogP contribution in [0.2, 0.25) is 0 Å². The highest BCUT2D eigenvalue weighted by atomic mass is 19.3. The summed E-state index contributed by atoms with van der Waals surface area (Å²) >= 11 is 0. The number of nitro groups is 1. The summed E-state index contributed by atoms with van der Waals surface area (Å²) in [7, 11) is 0. The molecule has 5 aromatic rings. The fraction of sp³-hybridized carbons (Fsp3) is 0.509. The summed E-state index contributed by atoms with van der Waals surface area (Å²) < 4.78 is 152. The Hall–Kier alpha value is -10.3. The highest BCUT2D eigenvalue weighted by Gasteiger charge is 2.62. The number of terminal acetylenes is 1. The smallest absolute Gasteiger partial charge is 0.413 e. The molecular weight excluding hydrogens is 1430 g/mol. The number of aliphatic hydroxyl groups excluding tert-OH is 8. The Bertz CT molecular complexity index is 4120. The summed E-state index contributed by atoms with van der Waals surface area (Å²) in [5.41, 5.74) is -4.40. The maximum absolute atomic E-state index is 14.2. The van der Waals surface area contributed by atoms with Crippen molar-refractivity contribution < 1.29 is 138 Å². The third kappa shape index (κ3) is 19.5. The zero-order valence-electron chi connectivity index (χ0n) is 53.8. The number of ether oxygens (including phenoxy) is 8. The number of aromatic nitrogens is 8. The van der Waals surface area contributed by atoms with Crippen LogP contribution in [0.3, 0.4) is 0 Å². The van der Waals surface area contributed by atoms with Crippen LogP contribution in [0.15, 0.2) is 92.5 Å². The molecule has 12 N–H and O–H groups in total. The predicted octanol–water partition coefficient (Wildman–Crippen LogP) is 0.486. The van der Waals surface area contributed by atoms with Crippen molar-refractivity contribution in [1.29, 1.82) is 0 Å². The Morgan fingerprint density at radius 3 is 1.11 bits per heavy atom. The van der Waals surface area contributed by atoms with E-state index in [4.69, 9.17) is 55.3 Å². The van der Waals surface area contributed by atoms with E-state index in [1.807, 2.05) is 0 Å². The molecule has 0 radical (unpaired) electrons. The minimum absolute atomic E-state index is 0.103. The number of halogens is 8. The Morgan fingerprint density at radius 2 is 0.837 bits per heavy atom. The van der Waals surface area contributed by atoms with Crippen LogP contribution in [-0.2, 0) is 37.9 Å². The Morgan fingerprint density at radius 1 is 0.538 bits per heavy atom. The van der Waals surface area contributed by atoms with Gasteiger partial charge in [0.2, 0.25) is 24.9 Å². The van der Waals surface area contributed by atoms with Gasteiger partial charge in [0.25, 0.3) is 5.69 Å². The molecule has 4 aliphatic rings. The van der Waals surface area contributed by atoms with Gasteiger partial charge in [0, 0.05) is 42.3 Å². The van der Waals surface area contributed by atoms with Crippen LogP contribution in [-0.4, -0.2) is 234 Å². The first kappa shape index (κ1) is 82.7. The summed E-state index contributed by atoms with van der Waals surface area (Å²) in [5.74, 6) is -14.7. The number of benzene rings is 1. The first-order chi connectivity index (χ1) is 49.0. The largest absolute Gasteiger partial charge is 0.450 e. The topological polar surface area (TPSA) is 535 Å². The third-order valence-electron chi connectivity index (χ3n) is 14.6. The SMILES string of the molecule is C#CCOC(=O)Nc1ccn(C2OC(CO)C(O)C2(F)F)c(=O)n1.CC(COC(=O)Nc1ccn(C2OC(CO)C(O)C2(F)F)c(=O)n1)c1ccccc1[N+](=O)[O-].CCCOC(=O)Nc1ccn(C2OC(CO)C(O)C2(F)F)c(=O)n1.CCOC(=O)Nc1ccn(C2OC(CO)C(O)C2(F)F)c(=O)n1. The van der Waals surface area contributed by atoms with Crippen molar-refractivity contribution >= 4 is 53.3 Å². The van der Waals surface area contributed by atoms with E-state index in [0.29, 0.717) is 30.3 Å². The monoisotopic (exact) mass is 1500 g/mol. The molecular formula is C57H65F8N13O26. The van der Waals surface area contributed by atoms with E-state index in [1.165, 1.54) is 18.2 Å². The first-order valence-corrected chi connectivity index (χ1v) is 30.1. The minimum atomic E-state index is -3.87. The maximum Gasteiger partial charge on any atom is 0.413 e. The summed E-state index contributed by atoms with van der Waals surface area (Å²) in [5, 5.41) is 93.4. The minimum Gasteiger partial charge on any atom is -0.450 e. The maximum atomic E-state index is 14.2. The molecule has 39 nitrogen and oxygen atoms in total. The fourth-order valence-electron chi connectivity index (χ4n) is 9.47. The number of hydrogen-bond donors (Lipinski definition) is 12. The van der Waals surface area contributed by atoms with Crippen molar-refractivity contribution in [1.82, 2.24) is 38.2 Å². The van der Waals surface area contributed by atoms with Crippen molar-refractivity contribution in [3.63, 3.8) is 0 Å². The van der Waals surface area contributed by atoms with Gasteiger partial charge in [-0.3, -0.25) is 49.6 Å². The Labute approximate surface area is 576 Å². The molecule has 4 saturated heterocycles. The molecule has 0 saturated carbocycles. The average molecular weight is 1500 g/mol. The second-order valence-corrected chi connectivity index (χ2v) is 21.8. The highest BCUT2D eigenvalue weighted by molar-refractivity contribution is 5.84. The zero-order valence-corrected chi connectivity index (χ0v) is 53.8. The second kappa shape index (κ2) is 35.8. The number of amides is 4. The molecule has 0 spiro atoms. The number of nitrogens with one attached hydrogen (secondary N) is 4. The number of carbonyl (C=O) groups is 4. The molecule has 4 aromatic heterocycles. The number of aliphatic hydroxyl groups is 8. The number of para-hydroxylation sites is 1. The van der Waals surface area contributed by atoms with Crippen LogP contribution in [0.1, 0.15) is 63.6 Å². The predicted molar refractivity (Wildman–Crippen MR) is 328 cm³/mol. The number of rotatable bonds is 20. The van der Waals surface area contributed by atoms with Crippen LogP contribution >= 0.6 is 0 Å². The standard InChI is InChI=1S/C19H20F2N4O8.C13H17F2N3O6.C13H13F2N3O6.C12H15F2N3O6/c1-10(11-4-2-3-5-12(11)25(30)31)9-32-18(29)23-14-6-7-24(17(28)22-14)16-19(20,21)15(27)13(8-26)33-16;2*1-2-5-23-12(22)17-8-3-4-18(11(21)16-8)10-13(14,15)9(20)7(6-19)24-10;1-2-22-11(21)16-7-3-4-17(10(20)15-7)9-12(13,14)8(19)6(5-18)23-9/h2-7,10,13,15-16,26-27H,8-9H2,1H3,(H,22,23,28,29);3-4,7,9-10,19-20H,2,5-6H2,1H3,(H,16,17,21,22);1,3-4,7,9-10,19-20H,5-6H2,(H,16,17,21,22);3-4,6,8-9,18-19H,2,5H2,1H3,(H,15,16,20,21). The molecule has 4 aliphatic heterocycles. The van der Waals surface area contributed by atoms with Crippen molar-refractivity contribution in [3.05, 3.63) is 131 Å². The molecule has 1 aromatic carbocycles. The molecule has 570 valence electrons. The van der Waals surface area contributed by atoms with Crippen molar-refractivity contribution in [2.24, 2.45) is 0 Å². The number of carbonyl (C=O) groups excluding carboxylic acids is 4. The van der Waals surface area contributed by atoms with Gasteiger partial charge in [-0.2, -0.15) is 55.1 Å². The summed E-state index contributed by atoms with van der Waals surface area (Å²) in [6.45, 7) is 1.33. The van der Waals surface area contributed by atoms with Crippen molar-refractivity contribution in [2.45, 2.75) is 131 Å². The molecule has 9 rings (SSSR count). The lowest BCUT2D eigenvalue weighted by atomic mass is 10.0. The van der Waals surface area contributed by atoms with Gasteiger partial charge in [-0.25, -0.2) is 38.4 Å². The number of hydrogen-bond acceptors (Lipinski definition) is 30. The third-order valence-corrected chi connectivity index (χ3v) is 14.6. The lowest BCUT2D eigenvalue weighted by Gasteiger charge is -2.21. The fourth-order valence-corrected chi connectivity index (χ4v) is 9.47. The van der Waals surface area contributed by atoms with Crippen LogP contribution < -0.4 is 44.0 Å². The Kier molecular flexibility index (Phi) is 28.4. The van der Waals surface area contributed by atoms with Gasteiger partial charge in [-0.05, 0) is 37.6 Å². The van der Waals surface area contributed by atoms with Gasteiger partial charge in [0.15, 0.2) is 31.0 Å². The first-order valence-electron chi connectivity index (χ1n) is 30.1.